The van der Waals surface area contributed by atoms with Crippen molar-refractivity contribution in [3.05, 3.63) is 35.9 Å². The molecule has 3 N–H and O–H groups in total. The third-order valence-electron chi connectivity index (χ3n) is 3.74. The van der Waals surface area contributed by atoms with Gasteiger partial charge in [-0.2, -0.15) is 9.97 Å². The molecule has 3 aromatic rings. The summed E-state index contributed by atoms with van der Waals surface area (Å²) in [6, 6.07) is 9.81. The zero-order chi connectivity index (χ0) is 17.5. The van der Waals surface area contributed by atoms with Crippen LogP contribution in [0.4, 0.5) is 5.95 Å². The Hall–Kier alpha value is -2.89. The highest BCUT2D eigenvalue weighted by molar-refractivity contribution is 5.94. The Morgan fingerprint density at radius 2 is 1.83 bits per heavy atom. The average Bonchev–Trinajstić information content (AvgIpc) is 2.91. The first-order valence-electron chi connectivity index (χ1n) is 7.72. The smallest absolute Gasteiger partial charge is 0.234 e. The number of H-pyrrole nitrogens is 1. The number of aryl methyl sites for hydroxylation is 1. The van der Waals surface area contributed by atoms with E-state index in [1.54, 1.807) is 26.8 Å². The largest absolute Gasteiger partial charge is 0.493 e. The van der Waals surface area contributed by atoms with Crippen molar-refractivity contribution >= 4 is 22.9 Å². The monoisotopic (exact) mass is 324 g/mol. The van der Waals surface area contributed by atoms with Crippen molar-refractivity contribution in [3.8, 4) is 17.1 Å². The molecule has 6 heteroatoms. The molecule has 24 heavy (non-hydrogen) atoms. The Morgan fingerprint density at radius 1 is 1.17 bits per heavy atom. The second-order valence-electron chi connectivity index (χ2n) is 6.89. The average molecular weight is 324 g/mol. The van der Waals surface area contributed by atoms with Gasteiger partial charge in [-0.15, -0.1) is 0 Å². The van der Waals surface area contributed by atoms with E-state index >= 15 is 0 Å². The molecular formula is C18H20N4O2. The lowest BCUT2D eigenvalue weighted by Crippen LogP contribution is -2.28. The molecule has 0 fully saturated rings. The van der Waals surface area contributed by atoms with Crippen LogP contribution in [0.3, 0.4) is 0 Å². The molecule has 0 aliphatic rings. The molecule has 0 unspecified atom stereocenters. The number of amides is 1. The van der Waals surface area contributed by atoms with Crippen LogP contribution in [0.1, 0.15) is 26.3 Å². The number of carbonyl (C=O) groups is 1. The predicted octanol–water partition coefficient (Wildman–Crippen LogP) is 3.62. The Labute approximate surface area is 140 Å². The number of benzene rings is 1. The van der Waals surface area contributed by atoms with Crippen LogP contribution in [0.5, 0.6) is 5.88 Å². The lowest BCUT2D eigenvalue weighted by atomic mass is 9.96. The van der Waals surface area contributed by atoms with E-state index in [4.69, 9.17) is 0 Å². The third kappa shape index (κ3) is 3.08. The van der Waals surface area contributed by atoms with Crippen LogP contribution in [0.2, 0.25) is 0 Å². The van der Waals surface area contributed by atoms with Gasteiger partial charge in [-0.25, -0.2) is 0 Å². The second-order valence-corrected chi connectivity index (χ2v) is 6.89. The quantitative estimate of drug-likeness (QED) is 0.671. The van der Waals surface area contributed by atoms with Crippen LogP contribution in [0, 0.1) is 12.3 Å². The van der Waals surface area contributed by atoms with E-state index in [0.717, 1.165) is 11.3 Å². The summed E-state index contributed by atoms with van der Waals surface area (Å²) in [4.78, 5) is 23.5. The van der Waals surface area contributed by atoms with Gasteiger partial charge in [-0.05, 0) is 18.6 Å². The fraction of sp³-hybridized carbons (Fsp3) is 0.278. The number of fused-ring (bicyclic) bond motifs is 1. The fourth-order valence-electron chi connectivity index (χ4n) is 2.23. The maximum absolute atomic E-state index is 12.1. The van der Waals surface area contributed by atoms with E-state index in [2.05, 4.69) is 20.3 Å². The van der Waals surface area contributed by atoms with E-state index in [-0.39, 0.29) is 17.7 Å². The van der Waals surface area contributed by atoms with Crippen LogP contribution in [0.25, 0.3) is 22.3 Å². The van der Waals surface area contributed by atoms with Crippen molar-refractivity contribution in [1.82, 2.24) is 15.0 Å². The fourth-order valence-corrected chi connectivity index (χ4v) is 2.23. The van der Waals surface area contributed by atoms with Crippen molar-refractivity contribution in [2.45, 2.75) is 27.7 Å². The van der Waals surface area contributed by atoms with Crippen LogP contribution >= 0.6 is 0 Å². The molecule has 0 saturated carbocycles. The number of hydrogen-bond acceptors (Lipinski definition) is 4. The predicted molar refractivity (Wildman–Crippen MR) is 93.8 cm³/mol. The molecule has 0 spiro atoms. The summed E-state index contributed by atoms with van der Waals surface area (Å²) in [5, 5.41) is 13.3. The van der Waals surface area contributed by atoms with Crippen molar-refractivity contribution in [2.75, 3.05) is 5.32 Å². The minimum Gasteiger partial charge on any atom is -0.493 e. The van der Waals surface area contributed by atoms with Crippen LogP contribution < -0.4 is 5.32 Å². The SMILES string of the molecule is Cc1ccc(-c2cc3c(O)nc(NC(=O)C(C)(C)C)nc3[nH]2)cc1. The number of rotatable bonds is 2. The van der Waals surface area contributed by atoms with Gasteiger partial charge in [-0.1, -0.05) is 50.6 Å². The lowest BCUT2D eigenvalue weighted by Gasteiger charge is -2.16. The molecule has 1 aromatic carbocycles. The van der Waals surface area contributed by atoms with Crippen LogP contribution in [0.15, 0.2) is 30.3 Å². The van der Waals surface area contributed by atoms with Crippen LogP contribution in [-0.2, 0) is 4.79 Å². The summed E-state index contributed by atoms with van der Waals surface area (Å²) in [6.45, 7) is 7.41. The molecular weight excluding hydrogens is 304 g/mol. The minimum absolute atomic E-state index is 0.0808. The molecule has 2 aromatic heterocycles. The van der Waals surface area contributed by atoms with E-state index in [9.17, 15) is 9.90 Å². The molecule has 0 saturated heterocycles. The molecule has 1 amide bonds. The van der Waals surface area contributed by atoms with Gasteiger partial charge >= 0.3 is 0 Å². The van der Waals surface area contributed by atoms with Gasteiger partial charge in [-0.3, -0.25) is 10.1 Å². The molecule has 6 nitrogen and oxygen atoms in total. The highest BCUT2D eigenvalue weighted by Gasteiger charge is 2.23. The van der Waals surface area contributed by atoms with Gasteiger partial charge in [0.1, 0.15) is 5.65 Å². The first-order valence-corrected chi connectivity index (χ1v) is 7.72. The third-order valence-corrected chi connectivity index (χ3v) is 3.74. The van der Waals surface area contributed by atoms with Crippen molar-refractivity contribution in [2.24, 2.45) is 5.41 Å². The molecule has 124 valence electrons. The molecule has 3 rings (SSSR count). The van der Waals surface area contributed by atoms with Gasteiger partial charge in [0.2, 0.25) is 17.7 Å². The number of aromatic amines is 1. The van der Waals surface area contributed by atoms with E-state index in [0.29, 0.717) is 11.0 Å². The molecule has 0 radical (unpaired) electrons. The van der Waals surface area contributed by atoms with E-state index in [1.165, 1.54) is 5.56 Å². The van der Waals surface area contributed by atoms with E-state index in [1.807, 2.05) is 31.2 Å². The van der Waals surface area contributed by atoms with Gasteiger partial charge in [0.25, 0.3) is 0 Å². The maximum atomic E-state index is 12.1. The number of anilines is 1. The van der Waals surface area contributed by atoms with Gasteiger partial charge in [0.15, 0.2) is 0 Å². The summed E-state index contributed by atoms with van der Waals surface area (Å²) in [5.41, 5.74) is 2.88. The topological polar surface area (TPSA) is 90.9 Å². The minimum atomic E-state index is -0.573. The van der Waals surface area contributed by atoms with Gasteiger partial charge < -0.3 is 10.1 Å². The normalized spacial score (nSPS) is 11.7. The number of hydrogen-bond donors (Lipinski definition) is 3. The second kappa shape index (κ2) is 5.63. The number of aromatic hydroxyl groups is 1. The van der Waals surface area contributed by atoms with E-state index < -0.39 is 5.41 Å². The zero-order valence-electron chi connectivity index (χ0n) is 14.1. The summed E-state index contributed by atoms with van der Waals surface area (Å²) in [7, 11) is 0. The summed E-state index contributed by atoms with van der Waals surface area (Å²) in [6.07, 6.45) is 0. The number of nitrogens with one attached hydrogen (secondary N) is 2. The highest BCUT2D eigenvalue weighted by Crippen LogP contribution is 2.29. The Kier molecular flexibility index (Phi) is 3.75. The molecule has 0 atom stereocenters. The Bertz CT molecular complexity index is 905. The zero-order valence-corrected chi connectivity index (χ0v) is 14.1. The maximum Gasteiger partial charge on any atom is 0.234 e. The summed E-state index contributed by atoms with van der Waals surface area (Å²) < 4.78 is 0. The standard InChI is InChI=1S/C18H20N4O2/c1-10-5-7-11(8-6-10)13-9-12-14(19-13)20-17(21-15(12)23)22-16(24)18(2,3)4/h5-9H,1-4H3,(H3,19,20,21,22,23,24). The van der Waals surface area contributed by atoms with Crippen molar-refractivity contribution in [3.63, 3.8) is 0 Å². The molecule has 2 heterocycles. The molecule has 0 bridgehead atoms. The summed E-state index contributed by atoms with van der Waals surface area (Å²) >= 11 is 0. The van der Waals surface area contributed by atoms with Crippen molar-refractivity contribution < 1.29 is 9.90 Å². The molecule has 0 aliphatic heterocycles. The van der Waals surface area contributed by atoms with Gasteiger partial charge in [0, 0.05) is 11.1 Å². The highest BCUT2D eigenvalue weighted by atomic mass is 16.3. The summed E-state index contributed by atoms with van der Waals surface area (Å²) in [5.74, 6) is -0.303. The Morgan fingerprint density at radius 3 is 2.46 bits per heavy atom. The van der Waals surface area contributed by atoms with Gasteiger partial charge in [0.05, 0.1) is 5.39 Å². The number of nitrogens with zero attached hydrogens (tertiary/aromatic N) is 2. The first kappa shape index (κ1) is 16.0. The van der Waals surface area contributed by atoms with Crippen LogP contribution in [-0.4, -0.2) is 26.0 Å². The Balaban J connectivity index is 1.99. The lowest BCUT2D eigenvalue weighted by molar-refractivity contribution is -0.123. The molecule has 0 aliphatic carbocycles. The number of carbonyl (C=O) groups excluding carboxylic acids is 1. The first-order chi connectivity index (χ1) is 11.2. The van der Waals surface area contributed by atoms with Crippen molar-refractivity contribution in [1.29, 1.82) is 0 Å². The number of aromatic nitrogens is 3.